The lowest BCUT2D eigenvalue weighted by atomic mass is 9.69. The quantitative estimate of drug-likeness (QED) is 0.571. The molecule has 2 N–H and O–H groups in total. The normalized spacial score (nSPS) is 17.8. The second-order valence-electron chi connectivity index (χ2n) is 8.69. The van der Waals surface area contributed by atoms with E-state index in [2.05, 4.69) is 19.9 Å². The summed E-state index contributed by atoms with van der Waals surface area (Å²) in [5, 5.41) is 10.2. The molecule has 0 saturated carbocycles. The Hall–Kier alpha value is -2.91. The molecule has 0 aliphatic carbocycles. The number of nitrogens with zero attached hydrogens (tertiary/aromatic N) is 1. The predicted molar refractivity (Wildman–Crippen MR) is 124 cm³/mol. The molecule has 0 bridgehead atoms. The molecular weight excluding hydrogens is 404 g/mol. The molecular formula is C26H34N2O4. The zero-order valence-corrected chi connectivity index (χ0v) is 19.5. The maximum Gasteiger partial charge on any atom is 0.161 e. The molecule has 0 amide bonds. The molecule has 6 heteroatoms. The van der Waals surface area contributed by atoms with Gasteiger partial charge in [0.15, 0.2) is 23.0 Å². The van der Waals surface area contributed by atoms with Gasteiger partial charge in [-0.05, 0) is 55.0 Å². The Balaban J connectivity index is 1.62. The molecule has 6 nitrogen and oxygen atoms in total. The number of nitrogens with two attached hydrogens (primary N) is 1. The molecule has 32 heavy (non-hydrogen) atoms. The summed E-state index contributed by atoms with van der Waals surface area (Å²) in [5.41, 5.74) is 6.76. The van der Waals surface area contributed by atoms with E-state index in [1.54, 1.807) is 14.2 Å². The van der Waals surface area contributed by atoms with Crippen LogP contribution in [0, 0.1) is 17.2 Å². The van der Waals surface area contributed by atoms with Crippen LogP contribution in [-0.4, -0.2) is 33.0 Å². The second kappa shape index (κ2) is 10.6. The van der Waals surface area contributed by atoms with Crippen molar-refractivity contribution in [3.63, 3.8) is 0 Å². The topological polar surface area (TPSA) is 86.7 Å². The third kappa shape index (κ3) is 5.11. The summed E-state index contributed by atoms with van der Waals surface area (Å²) < 4.78 is 22.7. The minimum absolute atomic E-state index is 0.0252. The highest BCUT2D eigenvalue weighted by Gasteiger charge is 2.36. The van der Waals surface area contributed by atoms with Crippen molar-refractivity contribution in [2.75, 3.05) is 20.8 Å². The highest BCUT2D eigenvalue weighted by atomic mass is 16.6. The van der Waals surface area contributed by atoms with Crippen molar-refractivity contribution in [1.82, 2.24) is 0 Å². The predicted octanol–water partition coefficient (Wildman–Crippen LogP) is 4.85. The zero-order valence-electron chi connectivity index (χ0n) is 19.5. The molecule has 1 aliphatic rings. The first-order valence-corrected chi connectivity index (χ1v) is 11.2. The number of fused-ring (bicyclic) bond motifs is 1. The van der Waals surface area contributed by atoms with Crippen LogP contribution < -0.4 is 24.7 Å². The summed E-state index contributed by atoms with van der Waals surface area (Å²) in [6, 6.07) is 16.0. The Morgan fingerprint density at radius 1 is 1.12 bits per heavy atom. The maximum atomic E-state index is 10.2. The van der Waals surface area contributed by atoms with Gasteiger partial charge in [-0.3, -0.25) is 0 Å². The number of methoxy groups -OCH3 is 2. The molecule has 3 atom stereocenters. The summed E-state index contributed by atoms with van der Waals surface area (Å²) in [7, 11) is 3.22. The molecule has 0 spiro atoms. The molecule has 0 fully saturated rings. The lowest BCUT2D eigenvalue weighted by molar-refractivity contribution is 0.0788. The average Bonchev–Trinajstić information content (AvgIpc) is 2.81. The Bertz CT molecular complexity index is 940. The molecule has 1 heterocycles. The first-order chi connectivity index (χ1) is 15.4. The standard InChI is InChI=1S/C26H34N2O4/c1-18(2)26(17-27,19-11-12-22(29-3)25(14-19)30-4)13-7-8-20(28)15-21-16-31-23-9-5-6-10-24(23)32-21/h5-6,9-12,14,18,20-21H,7-8,13,15-16,28H2,1-4H3. The van der Waals surface area contributed by atoms with E-state index in [9.17, 15) is 5.26 Å². The average molecular weight is 439 g/mol. The van der Waals surface area contributed by atoms with Gasteiger partial charge in [0.25, 0.3) is 0 Å². The monoisotopic (exact) mass is 438 g/mol. The van der Waals surface area contributed by atoms with Crippen molar-refractivity contribution in [1.29, 1.82) is 5.26 Å². The maximum absolute atomic E-state index is 10.2. The molecule has 1 aliphatic heterocycles. The van der Waals surface area contributed by atoms with Gasteiger partial charge in [-0.2, -0.15) is 5.26 Å². The first kappa shape index (κ1) is 23.7. The molecule has 0 aromatic heterocycles. The summed E-state index contributed by atoms with van der Waals surface area (Å²) in [4.78, 5) is 0. The van der Waals surface area contributed by atoms with Crippen molar-refractivity contribution in [3.05, 3.63) is 48.0 Å². The number of hydrogen-bond donors (Lipinski definition) is 1. The van der Waals surface area contributed by atoms with Crippen LogP contribution in [0.1, 0.15) is 45.1 Å². The van der Waals surface area contributed by atoms with Crippen molar-refractivity contribution in [3.8, 4) is 29.1 Å². The Labute approximate surface area is 191 Å². The van der Waals surface area contributed by atoms with Crippen LogP contribution in [0.4, 0.5) is 0 Å². The Morgan fingerprint density at radius 2 is 1.84 bits per heavy atom. The summed E-state index contributed by atoms with van der Waals surface area (Å²) in [6.07, 6.45) is 3.02. The van der Waals surface area contributed by atoms with E-state index in [-0.39, 0.29) is 18.1 Å². The summed E-state index contributed by atoms with van der Waals surface area (Å²) in [5.74, 6) is 2.98. The SMILES string of the molecule is COc1ccc(C(C#N)(CCCC(N)CC2COc3ccccc3O2)C(C)C)cc1OC. The van der Waals surface area contributed by atoms with Gasteiger partial charge in [-0.1, -0.05) is 32.0 Å². The number of benzene rings is 2. The third-order valence-electron chi connectivity index (χ3n) is 6.36. The van der Waals surface area contributed by atoms with Crippen molar-refractivity contribution in [2.45, 2.75) is 57.1 Å². The van der Waals surface area contributed by atoms with Gasteiger partial charge in [0.2, 0.25) is 0 Å². The summed E-state index contributed by atoms with van der Waals surface area (Å²) in [6.45, 7) is 4.68. The Morgan fingerprint density at radius 3 is 2.50 bits per heavy atom. The molecule has 2 aromatic carbocycles. The fraction of sp³-hybridized carbons (Fsp3) is 0.500. The van der Waals surface area contributed by atoms with Crippen molar-refractivity contribution in [2.24, 2.45) is 11.7 Å². The lowest BCUT2D eigenvalue weighted by Crippen LogP contribution is -2.36. The van der Waals surface area contributed by atoms with Crippen LogP contribution in [0.5, 0.6) is 23.0 Å². The largest absolute Gasteiger partial charge is 0.493 e. The van der Waals surface area contributed by atoms with Crippen molar-refractivity contribution >= 4 is 0 Å². The molecule has 3 unspecified atom stereocenters. The molecule has 2 aromatic rings. The van der Waals surface area contributed by atoms with Crippen LogP contribution in [0.2, 0.25) is 0 Å². The van der Waals surface area contributed by atoms with E-state index < -0.39 is 5.41 Å². The number of rotatable bonds is 10. The first-order valence-electron chi connectivity index (χ1n) is 11.2. The molecule has 3 rings (SSSR count). The van der Waals surface area contributed by atoms with Gasteiger partial charge in [-0.25, -0.2) is 0 Å². The van der Waals surface area contributed by atoms with Crippen LogP contribution in [0.3, 0.4) is 0 Å². The van der Waals surface area contributed by atoms with Crippen LogP contribution in [0.25, 0.3) is 0 Å². The van der Waals surface area contributed by atoms with Gasteiger partial charge in [0.1, 0.15) is 12.7 Å². The number of hydrogen-bond acceptors (Lipinski definition) is 6. The smallest absolute Gasteiger partial charge is 0.161 e. The molecule has 0 saturated heterocycles. The van der Waals surface area contributed by atoms with E-state index in [0.29, 0.717) is 24.5 Å². The zero-order chi connectivity index (χ0) is 23.1. The van der Waals surface area contributed by atoms with E-state index in [1.165, 1.54) is 0 Å². The van der Waals surface area contributed by atoms with Crippen LogP contribution in [0.15, 0.2) is 42.5 Å². The molecule has 172 valence electrons. The van der Waals surface area contributed by atoms with E-state index in [4.69, 9.17) is 24.7 Å². The second-order valence-corrected chi connectivity index (χ2v) is 8.69. The highest BCUT2D eigenvalue weighted by molar-refractivity contribution is 5.47. The van der Waals surface area contributed by atoms with E-state index >= 15 is 0 Å². The highest BCUT2D eigenvalue weighted by Crippen LogP contribution is 2.41. The van der Waals surface area contributed by atoms with Gasteiger partial charge in [0.05, 0.1) is 25.7 Å². The van der Waals surface area contributed by atoms with Gasteiger partial charge in [0, 0.05) is 12.5 Å². The minimum Gasteiger partial charge on any atom is -0.493 e. The number of para-hydroxylation sites is 2. The summed E-state index contributed by atoms with van der Waals surface area (Å²) >= 11 is 0. The van der Waals surface area contributed by atoms with Gasteiger partial charge < -0.3 is 24.7 Å². The van der Waals surface area contributed by atoms with Gasteiger partial charge in [-0.15, -0.1) is 0 Å². The minimum atomic E-state index is -0.622. The number of ether oxygens (including phenoxy) is 4. The van der Waals surface area contributed by atoms with Gasteiger partial charge >= 0.3 is 0 Å². The van der Waals surface area contributed by atoms with Crippen molar-refractivity contribution < 1.29 is 18.9 Å². The Kier molecular flexibility index (Phi) is 7.87. The fourth-order valence-electron chi connectivity index (χ4n) is 4.41. The van der Waals surface area contributed by atoms with Crippen LogP contribution >= 0.6 is 0 Å². The number of nitriles is 1. The van der Waals surface area contributed by atoms with E-state index in [1.807, 2.05) is 42.5 Å². The third-order valence-corrected chi connectivity index (χ3v) is 6.36. The van der Waals surface area contributed by atoms with E-state index in [0.717, 1.165) is 36.3 Å². The molecule has 0 radical (unpaired) electrons. The lowest BCUT2D eigenvalue weighted by Gasteiger charge is -2.32. The fourth-order valence-corrected chi connectivity index (χ4v) is 4.41. The van der Waals surface area contributed by atoms with Crippen LogP contribution in [-0.2, 0) is 5.41 Å².